The van der Waals surface area contributed by atoms with Crippen molar-refractivity contribution < 1.29 is 106 Å². The first-order valence-electron chi connectivity index (χ1n) is 25.2. The number of hydrogen-bond donors (Lipinski definition) is 17. The third-order valence-electron chi connectivity index (χ3n) is 14.6. The van der Waals surface area contributed by atoms with E-state index in [-0.39, 0.29) is 39.1 Å². The lowest BCUT2D eigenvalue weighted by atomic mass is 9.38. The minimum absolute atomic E-state index is 0.0289. The van der Waals surface area contributed by atoms with Gasteiger partial charge in [-0.15, -0.1) is 0 Å². The van der Waals surface area contributed by atoms with E-state index in [1.165, 1.54) is 0 Å². The lowest BCUT2D eigenvalue weighted by Crippen LogP contribution is -3.01. The topological polar surface area (TPSA) is 400 Å². The Labute approximate surface area is 413 Å². The monoisotopic (exact) mass is 1010 g/mol. The van der Waals surface area contributed by atoms with E-state index in [0.29, 0.717) is 83.8 Å². The van der Waals surface area contributed by atoms with Crippen LogP contribution in [0.15, 0.2) is 0 Å². The van der Waals surface area contributed by atoms with Gasteiger partial charge in [0.2, 0.25) is 23.0 Å². The molecule has 70 heavy (non-hydrogen) atoms. The van der Waals surface area contributed by atoms with E-state index in [0.717, 1.165) is 64.2 Å². The summed E-state index contributed by atoms with van der Waals surface area (Å²) >= 11 is 0. The molecule has 22 nitrogen and oxygen atoms in total. The first-order valence-corrected chi connectivity index (χ1v) is 25.2. The molecular formula is C46H85B2NO21. The third-order valence-corrected chi connectivity index (χ3v) is 14.6. The van der Waals surface area contributed by atoms with Crippen LogP contribution in [0.5, 0.6) is 0 Å². The number of aliphatic hydroxyl groups excluding tert-OH is 1. The lowest BCUT2D eigenvalue weighted by Gasteiger charge is -2.71. The second kappa shape index (κ2) is 26.7. The molecule has 0 aliphatic heterocycles. The highest BCUT2D eigenvalue weighted by molar-refractivity contribution is 6.21. The molecule has 0 spiro atoms. The van der Waals surface area contributed by atoms with Gasteiger partial charge in [-0.05, 0) is 71.0 Å². The predicted octanol–water partition coefficient (Wildman–Crippen LogP) is -2.71. The van der Waals surface area contributed by atoms with Crippen molar-refractivity contribution in [2.75, 3.05) is 39.5 Å². The van der Waals surface area contributed by atoms with Crippen LogP contribution in [-0.2, 0) is 19.1 Å². The van der Waals surface area contributed by atoms with Gasteiger partial charge < -0.3 is 101 Å². The molecule has 24 heteroatoms. The minimum atomic E-state index is -4.31. The van der Waals surface area contributed by atoms with Crippen LogP contribution < -0.4 is 0 Å². The zero-order valence-corrected chi connectivity index (χ0v) is 41.2. The summed E-state index contributed by atoms with van der Waals surface area (Å²) in [5.41, 5.74) is -15.3. The summed E-state index contributed by atoms with van der Waals surface area (Å²) in [5.74, 6) is -31.4. The molecule has 0 aromatic rings. The SMILES string of the molecule is [B]C(O)(C(CCCCCCCC)C(=O)OCCCCCCN(CCCCO)CCCCCCOC(=O)C(CCCCCCCC)C(O)(O)C1(O)C(O)(O)C(O)(O)C1(O)O)C1(O)C(O)(O)C([B])(O)C1(O)O. The Bertz CT molecular complexity index is 1430. The van der Waals surface area contributed by atoms with Crippen LogP contribution in [0.3, 0.4) is 0 Å². The highest BCUT2D eigenvalue weighted by Crippen LogP contribution is 2.61. The Hall–Kier alpha value is -1.65. The second-order valence-electron chi connectivity index (χ2n) is 19.8. The maximum Gasteiger partial charge on any atom is 0.314 e. The molecule has 406 valence electrons. The minimum Gasteiger partial charge on any atom is -0.465 e. The smallest absolute Gasteiger partial charge is 0.314 e. The van der Waals surface area contributed by atoms with Gasteiger partial charge in [0.1, 0.15) is 27.1 Å². The highest BCUT2D eigenvalue weighted by atomic mass is 16.7. The molecule has 0 bridgehead atoms. The summed E-state index contributed by atoms with van der Waals surface area (Å²) in [6.45, 7) is 5.77. The maximum atomic E-state index is 13.4. The van der Waals surface area contributed by atoms with Gasteiger partial charge in [-0.3, -0.25) is 9.59 Å². The van der Waals surface area contributed by atoms with Crippen LogP contribution in [-0.4, -0.2) is 216 Å². The molecule has 2 fully saturated rings. The van der Waals surface area contributed by atoms with Crippen LogP contribution in [0.25, 0.3) is 0 Å². The number of nitrogens with zero attached hydrogens (tertiary/aromatic N) is 1. The molecule has 0 aromatic carbocycles. The average molecular weight is 1010 g/mol. The Balaban J connectivity index is 1.90. The fraction of sp³-hybridized carbons (Fsp3) is 0.957. The molecule has 0 heterocycles. The fourth-order valence-electron chi connectivity index (χ4n) is 9.65. The van der Waals surface area contributed by atoms with Crippen molar-refractivity contribution in [3.8, 4) is 0 Å². The number of unbranched alkanes of at least 4 members (excludes halogenated alkanes) is 17. The first kappa shape index (κ1) is 64.5. The molecule has 4 radical (unpaired) electrons. The lowest BCUT2D eigenvalue weighted by molar-refractivity contribution is -0.629. The number of aliphatic hydroxyl groups is 17. The van der Waals surface area contributed by atoms with Crippen LogP contribution in [0.4, 0.5) is 0 Å². The number of ether oxygens (including phenoxy) is 2. The van der Waals surface area contributed by atoms with Crippen LogP contribution in [0.2, 0.25) is 0 Å². The van der Waals surface area contributed by atoms with E-state index >= 15 is 0 Å². The Morgan fingerprint density at radius 3 is 1.23 bits per heavy atom. The standard InChI is InChI=1S/C46H85B2NO21/c1-3-5-7-9-11-17-25-33(37(47,53)39(56)42(59,60)41(48,58)43(39,61)62)35(51)69-31-23-15-13-19-27-49(29-21-22-30-50)28-20-14-16-24-32-70-36(52)34(26-18-12-10-8-6-4-2)38(54,55)40(57)44(63,64)46(67,68)45(40,65)66/h33-34,50,53-68H,3-32H2,1-2H3. The summed E-state index contributed by atoms with van der Waals surface area (Å²) in [6, 6.07) is 0. The average Bonchev–Trinajstić information content (AvgIpc) is 3.28. The molecule has 3 unspecified atom stereocenters. The largest absolute Gasteiger partial charge is 0.465 e. The molecule has 0 amide bonds. The number of carbonyl (C=O) groups is 2. The van der Waals surface area contributed by atoms with E-state index in [2.05, 4.69) is 4.90 Å². The van der Waals surface area contributed by atoms with Crippen molar-refractivity contribution >= 4 is 27.6 Å². The fourth-order valence-corrected chi connectivity index (χ4v) is 9.65. The van der Waals surface area contributed by atoms with Gasteiger partial charge in [0, 0.05) is 6.61 Å². The summed E-state index contributed by atoms with van der Waals surface area (Å²) in [4.78, 5) is 28.9. The zero-order chi connectivity index (χ0) is 53.5. The van der Waals surface area contributed by atoms with Gasteiger partial charge in [0.15, 0.2) is 5.60 Å². The van der Waals surface area contributed by atoms with Gasteiger partial charge in [0.05, 0.1) is 24.6 Å². The summed E-state index contributed by atoms with van der Waals surface area (Å²) in [7, 11) is 11.2. The summed E-state index contributed by atoms with van der Waals surface area (Å²) < 4.78 is 10.7. The van der Waals surface area contributed by atoms with Gasteiger partial charge in [-0.25, -0.2) is 0 Å². The predicted molar refractivity (Wildman–Crippen MR) is 249 cm³/mol. The maximum absolute atomic E-state index is 13.4. The van der Waals surface area contributed by atoms with Gasteiger partial charge >= 0.3 is 11.9 Å². The molecule has 3 atom stereocenters. The third kappa shape index (κ3) is 12.7. The molecule has 2 rings (SSSR count). The van der Waals surface area contributed by atoms with Crippen LogP contribution >= 0.6 is 0 Å². The molecule has 2 saturated carbocycles. The molecule has 0 aromatic heterocycles. The molecular weight excluding hydrogens is 924 g/mol. The van der Waals surface area contributed by atoms with Crippen molar-refractivity contribution in [2.24, 2.45) is 11.8 Å². The molecule has 0 saturated heterocycles. The number of carbonyl (C=O) groups excluding carboxylic acids is 2. The van der Waals surface area contributed by atoms with E-state index in [4.69, 9.17) is 25.2 Å². The second-order valence-corrected chi connectivity index (χ2v) is 19.8. The first-order chi connectivity index (χ1) is 32.4. The normalized spacial score (nSPS) is 24.5. The van der Waals surface area contributed by atoms with E-state index in [9.17, 15) is 96.4 Å². The molecule has 2 aliphatic rings. The van der Waals surface area contributed by atoms with E-state index in [1.54, 1.807) is 0 Å². The number of esters is 2. The van der Waals surface area contributed by atoms with Crippen molar-refractivity contribution in [1.82, 2.24) is 4.90 Å². The van der Waals surface area contributed by atoms with Crippen LogP contribution in [0, 0.1) is 11.8 Å². The number of hydrogen-bond acceptors (Lipinski definition) is 22. The quantitative estimate of drug-likeness (QED) is 0.0129. The van der Waals surface area contributed by atoms with E-state index in [1.807, 2.05) is 13.8 Å². The van der Waals surface area contributed by atoms with Crippen molar-refractivity contribution in [3.05, 3.63) is 0 Å². The molecule has 17 N–H and O–H groups in total. The van der Waals surface area contributed by atoms with E-state index < -0.39 is 87.1 Å². The van der Waals surface area contributed by atoms with Gasteiger partial charge in [-0.2, -0.15) is 0 Å². The summed E-state index contributed by atoms with van der Waals surface area (Å²) in [5, 5.41) is 177. The number of rotatable bonds is 38. The van der Waals surface area contributed by atoms with Crippen LogP contribution in [0.1, 0.15) is 168 Å². The Kier molecular flexibility index (Phi) is 24.6. The highest BCUT2D eigenvalue weighted by Gasteiger charge is 2.96. The summed E-state index contributed by atoms with van der Waals surface area (Å²) in [6.07, 6.45) is 13.9. The van der Waals surface area contributed by atoms with Gasteiger partial charge in [0.25, 0.3) is 17.4 Å². The zero-order valence-electron chi connectivity index (χ0n) is 41.2. The van der Waals surface area contributed by atoms with Crippen molar-refractivity contribution in [1.29, 1.82) is 0 Å². The van der Waals surface area contributed by atoms with Crippen molar-refractivity contribution in [2.45, 2.75) is 225 Å². The van der Waals surface area contributed by atoms with Crippen molar-refractivity contribution in [3.63, 3.8) is 0 Å². The Morgan fingerprint density at radius 2 is 0.814 bits per heavy atom. The van der Waals surface area contributed by atoms with Gasteiger partial charge in [-0.1, -0.05) is 117 Å². The Morgan fingerprint density at radius 1 is 0.471 bits per heavy atom. The molecule has 2 aliphatic carbocycles.